The van der Waals surface area contributed by atoms with Crippen molar-refractivity contribution in [2.75, 3.05) is 36.4 Å². The van der Waals surface area contributed by atoms with Crippen molar-refractivity contribution in [3.8, 4) is 5.75 Å². The van der Waals surface area contributed by atoms with Crippen LogP contribution in [0.5, 0.6) is 5.75 Å². The normalized spacial score (nSPS) is 14.3. The number of benzene rings is 3. The number of nitrogens with zero attached hydrogens (tertiary/aromatic N) is 2. The topological polar surface area (TPSA) is 113 Å². The molecule has 0 radical (unpaired) electrons. The molecule has 0 bridgehead atoms. The molecule has 1 N–H and O–H groups in total. The molecule has 0 unspecified atom stereocenters. The fraction of sp³-hybridized carbons (Fsp3) is 0.269. The lowest BCUT2D eigenvalue weighted by Crippen LogP contribution is -2.38. The average molecular weight is 544 g/mol. The third kappa shape index (κ3) is 5.79. The van der Waals surface area contributed by atoms with Gasteiger partial charge in [0.15, 0.2) is 0 Å². The Kier molecular flexibility index (Phi) is 7.86. The van der Waals surface area contributed by atoms with Gasteiger partial charge in [0.2, 0.25) is 15.9 Å². The van der Waals surface area contributed by atoms with Gasteiger partial charge in [-0.2, -0.15) is 4.31 Å². The van der Waals surface area contributed by atoms with Gasteiger partial charge in [-0.05, 0) is 73.9 Å². The number of aryl methyl sites for hydroxylation is 1. The number of anilines is 2. The highest BCUT2D eigenvalue weighted by Crippen LogP contribution is 2.33. The molecule has 1 fully saturated rings. The first-order valence-electron chi connectivity index (χ1n) is 11.8. The third-order valence-corrected chi connectivity index (χ3v) is 9.75. The van der Waals surface area contributed by atoms with Crippen LogP contribution in [0.1, 0.15) is 18.4 Å². The molecule has 1 heterocycles. The minimum Gasteiger partial charge on any atom is -0.495 e. The van der Waals surface area contributed by atoms with Crippen molar-refractivity contribution in [2.45, 2.75) is 29.6 Å². The summed E-state index contributed by atoms with van der Waals surface area (Å²) >= 11 is 0. The van der Waals surface area contributed by atoms with E-state index in [0.717, 1.165) is 22.7 Å². The number of amides is 1. The Morgan fingerprint density at radius 2 is 1.57 bits per heavy atom. The molecule has 3 aromatic rings. The Morgan fingerprint density at radius 3 is 2.19 bits per heavy atom. The van der Waals surface area contributed by atoms with Crippen LogP contribution in [0.2, 0.25) is 0 Å². The molecule has 1 amide bonds. The molecule has 0 atom stereocenters. The molecule has 196 valence electrons. The molecule has 1 aliphatic rings. The molecule has 0 aliphatic carbocycles. The van der Waals surface area contributed by atoms with Crippen LogP contribution in [0.3, 0.4) is 0 Å². The van der Waals surface area contributed by atoms with Crippen molar-refractivity contribution in [3.05, 3.63) is 78.4 Å². The summed E-state index contributed by atoms with van der Waals surface area (Å²) in [6.45, 7) is 2.28. The van der Waals surface area contributed by atoms with E-state index in [1.165, 1.54) is 47.8 Å². The van der Waals surface area contributed by atoms with Crippen LogP contribution in [0.15, 0.2) is 82.6 Å². The highest BCUT2D eigenvalue weighted by molar-refractivity contribution is 7.93. The Labute approximate surface area is 217 Å². The first-order chi connectivity index (χ1) is 17.6. The number of nitrogens with one attached hydrogen (secondary N) is 1. The van der Waals surface area contributed by atoms with Crippen molar-refractivity contribution in [1.82, 2.24) is 4.31 Å². The molecular formula is C26H29N3O6S2. The van der Waals surface area contributed by atoms with Crippen LogP contribution < -0.4 is 14.4 Å². The lowest BCUT2D eigenvalue weighted by atomic mass is 10.2. The van der Waals surface area contributed by atoms with Crippen molar-refractivity contribution in [3.63, 3.8) is 0 Å². The summed E-state index contributed by atoms with van der Waals surface area (Å²) in [7, 11) is -6.27. The summed E-state index contributed by atoms with van der Waals surface area (Å²) in [4.78, 5) is 13.2. The van der Waals surface area contributed by atoms with Crippen LogP contribution in [0, 0.1) is 6.92 Å². The van der Waals surface area contributed by atoms with E-state index in [2.05, 4.69) is 5.32 Å². The molecule has 9 nitrogen and oxygen atoms in total. The van der Waals surface area contributed by atoms with Gasteiger partial charge < -0.3 is 10.1 Å². The minimum atomic E-state index is -4.12. The van der Waals surface area contributed by atoms with E-state index >= 15 is 0 Å². The number of ether oxygens (including phenoxy) is 1. The summed E-state index contributed by atoms with van der Waals surface area (Å²) in [5.74, 6) is -0.299. The second kappa shape index (κ2) is 10.9. The summed E-state index contributed by atoms with van der Waals surface area (Å²) in [5.41, 5.74) is 1.37. The first-order valence-corrected chi connectivity index (χ1v) is 14.6. The van der Waals surface area contributed by atoms with Crippen LogP contribution in [-0.4, -0.2) is 53.8 Å². The summed E-state index contributed by atoms with van der Waals surface area (Å²) in [6.07, 6.45) is 1.67. The predicted molar refractivity (Wildman–Crippen MR) is 142 cm³/mol. The lowest BCUT2D eigenvalue weighted by molar-refractivity contribution is -0.114. The van der Waals surface area contributed by atoms with E-state index in [4.69, 9.17) is 4.74 Å². The number of methoxy groups -OCH3 is 1. The zero-order valence-electron chi connectivity index (χ0n) is 20.6. The molecule has 1 aliphatic heterocycles. The zero-order valence-corrected chi connectivity index (χ0v) is 22.3. The number of carbonyl (C=O) groups is 1. The zero-order chi connectivity index (χ0) is 26.6. The molecule has 0 aromatic heterocycles. The van der Waals surface area contributed by atoms with Crippen LogP contribution in [-0.2, 0) is 24.8 Å². The Hall–Kier alpha value is -3.41. The molecular weight excluding hydrogens is 514 g/mol. The number of rotatable bonds is 9. The monoisotopic (exact) mass is 543 g/mol. The largest absolute Gasteiger partial charge is 0.495 e. The fourth-order valence-corrected chi connectivity index (χ4v) is 7.09. The van der Waals surface area contributed by atoms with Gasteiger partial charge in [-0.15, -0.1) is 0 Å². The minimum absolute atomic E-state index is 0.0304. The van der Waals surface area contributed by atoms with Gasteiger partial charge in [-0.3, -0.25) is 9.10 Å². The molecule has 4 rings (SSSR count). The van der Waals surface area contributed by atoms with Gasteiger partial charge in [0.25, 0.3) is 10.0 Å². The highest BCUT2D eigenvalue weighted by atomic mass is 32.2. The number of carbonyl (C=O) groups excluding carboxylic acids is 1. The van der Waals surface area contributed by atoms with Crippen LogP contribution in [0.4, 0.5) is 11.4 Å². The van der Waals surface area contributed by atoms with E-state index in [0.29, 0.717) is 24.5 Å². The lowest BCUT2D eigenvalue weighted by Gasteiger charge is -2.26. The third-order valence-electron chi connectivity index (χ3n) is 6.06. The van der Waals surface area contributed by atoms with E-state index in [1.807, 2.05) is 6.92 Å². The van der Waals surface area contributed by atoms with E-state index in [1.54, 1.807) is 36.4 Å². The Bertz CT molecular complexity index is 1470. The number of hydrogen-bond acceptors (Lipinski definition) is 6. The molecule has 0 saturated carbocycles. The highest BCUT2D eigenvalue weighted by Gasteiger charge is 2.30. The van der Waals surface area contributed by atoms with E-state index < -0.39 is 32.5 Å². The van der Waals surface area contributed by atoms with Crippen molar-refractivity contribution in [2.24, 2.45) is 0 Å². The Morgan fingerprint density at radius 1 is 0.919 bits per heavy atom. The van der Waals surface area contributed by atoms with Gasteiger partial charge >= 0.3 is 0 Å². The molecule has 3 aromatic carbocycles. The van der Waals surface area contributed by atoms with Gasteiger partial charge in [0.05, 0.1) is 22.6 Å². The molecule has 11 heteroatoms. The molecule has 1 saturated heterocycles. The SMILES string of the molecule is COc1ccc(C)cc1N(CC(=O)Nc1ccc(S(=O)(=O)N2CCCC2)cc1)S(=O)(=O)c1ccccc1. The van der Waals surface area contributed by atoms with Gasteiger partial charge in [-0.25, -0.2) is 16.8 Å². The van der Waals surface area contributed by atoms with Gasteiger partial charge in [0, 0.05) is 18.8 Å². The maximum Gasteiger partial charge on any atom is 0.264 e. The van der Waals surface area contributed by atoms with Crippen LogP contribution >= 0.6 is 0 Å². The first kappa shape index (κ1) is 26.6. The van der Waals surface area contributed by atoms with Gasteiger partial charge in [-0.1, -0.05) is 24.3 Å². The van der Waals surface area contributed by atoms with Crippen molar-refractivity contribution >= 4 is 37.3 Å². The van der Waals surface area contributed by atoms with Crippen LogP contribution in [0.25, 0.3) is 0 Å². The second-order valence-electron chi connectivity index (χ2n) is 8.68. The predicted octanol–water partition coefficient (Wildman–Crippen LogP) is 3.62. The summed E-state index contributed by atoms with van der Waals surface area (Å²) in [6, 6.07) is 18.8. The van der Waals surface area contributed by atoms with Gasteiger partial charge in [0.1, 0.15) is 12.3 Å². The maximum absolute atomic E-state index is 13.6. The average Bonchev–Trinajstić information content (AvgIpc) is 3.44. The maximum atomic E-state index is 13.6. The fourth-order valence-electron chi connectivity index (χ4n) is 4.13. The van der Waals surface area contributed by atoms with Crippen molar-refractivity contribution in [1.29, 1.82) is 0 Å². The number of hydrogen-bond donors (Lipinski definition) is 1. The smallest absolute Gasteiger partial charge is 0.264 e. The summed E-state index contributed by atoms with van der Waals surface area (Å²) in [5, 5.41) is 2.67. The van der Waals surface area contributed by atoms with Crippen molar-refractivity contribution < 1.29 is 26.4 Å². The van der Waals surface area contributed by atoms with E-state index in [9.17, 15) is 21.6 Å². The van der Waals surface area contributed by atoms with E-state index in [-0.39, 0.29) is 15.5 Å². The standard InChI is InChI=1S/C26H29N3O6S2/c1-20-10-15-25(35-2)24(18-20)29(37(33,34)22-8-4-3-5-9-22)19-26(30)27-21-11-13-23(14-12-21)36(31,32)28-16-6-7-17-28/h3-5,8-15,18H,6-7,16-17,19H2,1-2H3,(H,27,30). The quantitative estimate of drug-likeness (QED) is 0.441. The Balaban J connectivity index is 1.60. The summed E-state index contributed by atoms with van der Waals surface area (Å²) < 4.78 is 60.6. The molecule has 37 heavy (non-hydrogen) atoms. The number of sulfonamides is 2. The molecule has 0 spiro atoms. The second-order valence-corrected chi connectivity index (χ2v) is 12.5.